The van der Waals surface area contributed by atoms with Crippen molar-refractivity contribution < 1.29 is 9.53 Å². The summed E-state index contributed by atoms with van der Waals surface area (Å²) in [4.78, 5) is 12.0. The van der Waals surface area contributed by atoms with Crippen molar-refractivity contribution in [3.63, 3.8) is 0 Å². The maximum atomic E-state index is 12.0. The number of hydrogen-bond acceptors (Lipinski definition) is 3. The van der Waals surface area contributed by atoms with Gasteiger partial charge in [0.25, 0.3) is 0 Å². The number of carbonyl (C=O) groups is 1. The number of nitrogens with one attached hydrogen (secondary N) is 1. The lowest BCUT2D eigenvalue weighted by Gasteiger charge is -2.38. The Kier molecular flexibility index (Phi) is 4.22. The van der Waals surface area contributed by atoms with E-state index in [-0.39, 0.29) is 5.91 Å². The van der Waals surface area contributed by atoms with E-state index in [1.165, 1.54) is 16.7 Å². The van der Waals surface area contributed by atoms with Crippen LogP contribution in [-0.2, 0) is 16.0 Å². The minimum Gasteiger partial charge on any atom is -0.379 e. The normalized spacial score (nSPS) is 16.8. The van der Waals surface area contributed by atoms with Crippen LogP contribution < -0.4 is 11.1 Å². The van der Waals surface area contributed by atoms with Gasteiger partial charge in [-0.1, -0.05) is 23.8 Å². The number of rotatable bonds is 5. The molecule has 1 aromatic carbocycles. The Labute approximate surface area is 114 Å². The molecule has 1 amide bonds. The van der Waals surface area contributed by atoms with Gasteiger partial charge in [0.1, 0.15) is 5.41 Å². The third-order valence-corrected chi connectivity index (χ3v) is 3.81. The standard InChI is InChI=1S/C15H22N2O2/c1-11-3-4-12(2)13(7-11)5-6-17-14(18)15(8-16)9-19-10-15/h3-4,7H,5-6,8-10,16H2,1-2H3,(H,17,18). The molecule has 4 heteroatoms. The predicted molar refractivity (Wildman–Crippen MR) is 74.9 cm³/mol. The molecular formula is C15H22N2O2. The third-order valence-electron chi connectivity index (χ3n) is 3.81. The minimum atomic E-state index is -0.484. The number of nitrogens with two attached hydrogens (primary N) is 1. The van der Waals surface area contributed by atoms with Crippen LogP contribution in [0, 0.1) is 19.3 Å². The van der Waals surface area contributed by atoms with Crippen molar-refractivity contribution in [3.05, 3.63) is 34.9 Å². The molecule has 19 heavy (non-hydrogen) atoms. The fourth-order valence-corrected chi connectivity index (χ4v) is 2.26. The van der Waals surface area contributed by atoms with Gasteiger partial charge in [-0.25, -0.2) is 0 Å². The van der Waals surface area contributed by atoms with E-state index in [4.69, 9.17) is 10.5 Å². The molecule has 1 fully saturated rings. The number of carbonyl (C=O) groups excluding carboxylic acids is 1. The second-order valence-corrected chi connectivity index (χ2v) is 5.41. The Morgan fingerprint density at radius 3 is 2.74 bits per heavy atom. The molecule has 2 rings (SSSR count). The van der Waals surface area contributed by atoms with Gasteiger partial charge < -0.3 is 15.8 Å². The SMILES string of the molecule is Cc1ccc(C)c(CCNC(=O)C2(CN)COC2)c1. The van der Waals surface area contributed by atoms with Crippen LogP contribution in [0.4, 0.5) is 0 Å². The molecule has 104 valence electrons. The fraction of sp³-hybridized carbons (Fsp3) is 0.533. The fourth-order valence-electron chi connectivity index (χ4n) is 2.26. The van der Waals surface area contributed by atoms with E-state index in [0.717, 1.165) is 6.42 Å². The van der Waals surface area contributed by atoms with Gasteiger partial charge in [0, 0.05) is 13.1 Å². The van der Waals surface area contributed by atoms with E-state index in [0.29, 0.717) is 26.3 Å². The zero-order valence-electron chi connectivity index (χ0n) is 11.7. The van der Waals surface area contributed by atoms with E-state index in [9.17, 15) is 4.79 Å². The number of benzene rings is 1. The first-order chi connectivity index (χ1) is 9.07. The van der Waals surface area contributed by atoms with Crippen LogP contribution in [0.5, 0.6) is 0 Å². The average Bonchev–Trinajstić information content (AvgIpc) is 2.33. The minimum absolute atomic E-state index is 0.0200. The molecule has 1 aliphatic rings. The van der Waals surface area contributed by atoms with E-state index >= 15 is 0 Å². The van der Waals surface area contributed by atoms with E-state index in [1.807, 2.05) is 0 Å². The lowest BCUT2D eigenvalue weighted by molar-refractivity contribution is -0.159. The van der Waals surface area contributed by atoms with Crippen LogP contribution >= 0.6 is 0 Å². The molecule has 0 unspecified atom stereocenters. The summed E-state index contributed by atoms with van der Waals surface area (Å²) in [6.07, 6.45) is 0.848. The van der Waals surface area contributed by atoms with Crippen LogP contribution in [-0.4, -0.2) is 32.2 Å². The van der Waals surface area contributed by atoms with Crippen LogP contribution in [0.3, 0.4) is 0 Å². The quantitative estimate of drug-likeness (QED) is 0.830. The lowest BCUT2D eigenvalue weighted by Crippen LogP contribution is -2.58. The molecule has 1 aromatic rings. The van der Waals surface area contributed by atoms with Crippen molar-refractivity contribution in [2.75, 3.05) is 26.3 Å². The van der Waals surface area contributed by atoms with Crippen molar-refractivity contribution >= 4 is 5.91 Å². The first-order valence-corrected chi connectivity index (χ1v) is 6.70. The van der Waals surface area contributed by atoms with E-state index < -0.39 is 5.41 Å². The van der Waals surface area contributed by atoms with Crippen LogP contribution in [0.25, 0.3) is 0 Å². The van der Waals surface area contributed by atoms with Crippen molar-refractivity contribution in [3.8, 4) is 0 Å². The van der Waals surface area contributed by atoms with Crippen molar-refractivity contribution in [1.29, 1.82) is 0 Å². The molecule has 3 N–H and O–H groups in total. The summed E-state index contributed by atoms with van der Waals surface area (Å²) in [5.41, 5.74) is 8.97. The first-order valence-electron chi connectivity index (χ1n) is 6.70. The Hall–Kier alpha value is -1.39. The molecule has 0 aliphatic carbocycles. The second-order valence-electron chi connectivity index (χ2n) is 5.41. The highest BCUT2D eigenvalue weighted by atomic mass is 16.5. The maximum absolute atomic E-state index is 12.0. The monoisotopic (exact) mass is 262 g/mol. The average molecular weight is 262 g/mol. The van der Waals surface area contributed by atoms with Gasteiger partial charge >= 0.3 is 0 Å². The largest absolute Gasteiger partial charge is 0.379 e. The molecule has 1 aliphatic heterocycles. The first kappa shape index (κ1) is 14.0. The van der Waals surface area contributed by atoms with Gasteiger partial charge in [-0.3, -0.25) is 4.79 Å². The van der Waals surface area contributed by atoms with E-state index in [1.54, 1.807) is 0 Å². The number of amides is 1. The molecule has 0 bridgehead atoms. The predicted octanol–water partition coefficient (Wildman–Crippen LogP) is 0.937. The lowest BCUT2D eigenvalue weighted by atomic mass is 9.85. The number of hydrogen-bond donors (Lipinski definition) is 2. The topological polar surface area (TPSA) is 64.4 Å². The highest BCUT2D eigenvalue weighted by Crippen LogP contribution is 2.26. The van der Waals surface area contributed by atoms with Crippen LogP contribution in [0.2, 0.25) is 0 Å². The zero-order chi connectivity index (χ0) is 13.9. The summed E-state index contributed by atoms with van der Waals surface area (Å²) in [6.45, 7) is 6.05. The highest BCUT2D eigenvalue weighted by molar-refractivity contribution is 5.84. The van der Waals surface area contributed by atoms with Gasteiger partial charge in [0.05, 0.1) is 13.2 Å². The molecule has 0 spiro atoms. The molecular weight excluding hydrogens is 240 g/mol. The maximum Gasteiger partial charge on any atom is 0.232 e. The molecule has 0 saturated carbocycles. The molecule has 0 atom stereocenters. The Bertz CT molecular complexity index is 462. The van der Waals surface area contributed by atoms with Gasteiger partial charge in [-0.15, -0.1) is 0 Å². The molecule has 0 aromatic heterocycles. The molecule has 0 radical (unpaired) electrons. The van der Waals surface area contributed by atoms with Crippen molar-refractivity contribution in [2.45, 2.75) is 20.3 Å². The summed E-state index contributed by atoms with van der Waals surface area (Å²) >= 11 is 0. The van der Waals surface area contributed by atoms with Gasteiger partial charge in [-0.2, -0.15) is 0 Å². The van der Waals surface area contributed by atoms with Crippen molar-refractivity contribution in [2.24, 2.45) is 11.1 Å². The summed E-state index contributed by atoms with van der Waals surface area (Å²) < 4.78 is 5.11. The van der Waals surface area contributed by atoms with Gasteiger partial charge in [0.2, 0.25) is 5.91 Å². The Morgan fingerprint density at radius 1 is 1.42 bits per heavy atom. The van der Waals surface area contributed by atoms with Crippen LogP contribution in [0.1, 0.15) is 16.7 Å². The third kappa shape index (κ3) is 2.96. The Balaban J connectivity index is 1.86. The van der Waals surface area contributed by atoms with Gasteiger partial charge in [0.15, 0.2) is 0 Å². The summed E-state index contributed by atoms with van der Waals surface area (Å²) in [6, 6.07) is 6.40. The van der Waals surface area contributed by atoms with E-state index in [2.05, 4.69) is 37.4 Å². The second kappa shape index (κ2) is 5.72. The zero-order valence-corrected chi connectivity index (χ0v) is 11.7. The smallest absolute Gasteiger partial charge is 0.232 e. The Morgan fingerprint density at radius 2 is 2.16 bits per heavy atom. The molecule has 1 saturated heterocycles. The molecule has 4 nitrogen and oxygen atoms in total. The highest BCUT2D eigenvalue weighted by Gasteiger charge is 2.44. The van der Waals surface area contributed by atoms with Gasteiger partial charge in [-0.05, 0) is 31.4 Å². The van der Waals surface area contributed by atoms with Crippen molar-refractivity contribution in [1.82, 2.24) is 5.32 Å². The number of aryl methyl sites for hydroxylation is 2. The summed E-state index contributed by atoms with van der Waals surface area (Å²) in [5.74, 6) is 0.0200. The number of ether oxygens (including phenoxy) is 1. The summed E-state index contributed by atoms with van der Waals surface area (Å²) in [5, 5.41) is 2.97. The summed E-state index contributed by atoms with van der Waals surface area (Å²) in [7, 11) is 0. The van der Waals surface area contributed by atoms with Crippen LogP contribution in [0.15, 0.2) is 18.2 Å². The molecule has 1 heterocycles.